The van der Waals surface area contributed by atoms with Crippen LogP contribution in [0.3, 0.4) is 0 Å². The quantitative estimate of drug-likeness (QED) is 0.252. The topological polar surface area (TPSA) is 96.0 Å². The number of sulfonamides is 1. The third-order valence-electron chi connectivity index (χ3n) is 7.78. The Morgan fingerprint density at radius 2 is 1.63 bits per heavy atom. The molecule has 0 radical (unpaired) electrons. The normalized spacial score (nSPS) is 14.2. The average molecular weight is 626 g/mol. The van der Waals surface area contributed by atoms with Crippen molar-refractivity contribution in [2.45, 2.75) is 63.6 Å². The summed E-state index contributed by atoms with van der Waals surface area (Å²) in [6, 6.07) is 23.1. The molecular formula is C33H40ClN3O5S. The first-order valence-corrected chi connectivity index (χ1v) is 16.9. The van der Waals surface area contributed by atoms with Crippen molar-refractivity contribution in [2.75, 3.05) is 24.2 Å². The van der Waals surface area contributed by atoms with E-state index in [1.54, 1.807) is 35.2 Å². The number of hydrogen-bond donors (Lipinski definition) is 1. The van der Waals surface area contributed by atoms with E-state index in [9.17, 15) is 18.0 Å². The second-order valence-electron chi connectivity index (χ2n) is 10.9. The van der Waals surface area contributed by atoms with Gasteiger partial charge in [-0.25, -0.2) is 8.42 Å². The van der Waals surface area contributed by atoms with Crippen LogP contribution in [0.5, 0.6) is 5.75 Å². The van der Waals surface area contributed by atoms with Crippen LogP contribution >= 0.6 is 11.6 Å². The fraction of sp³-hybridized carbons (Fsp3) is 0.394. The molecule has 230 valence electrons. The summed E-state index contributed by atoms with van der Waals surface area (Å²) in [5, 5.41) is 3.70. The van der Waals surface area contributed by atoms with Gasteiger partial charge in [-0.05, 0) is 48.6 Å². The molecule has 0 unspecified atom stereocenters. The largest absolute Gasteiger partial charge is 0.495 e. The molecule has 4 rings (SSSR count). The number of methoxy groups -OCH3 is 1. The number of nitrogens with zero attached hydrogens (tertiary/aromatic N) is 2. The van der Waals surface area contributed by atoms with Gasteiger partial charge in [0.2, 0.25) is 21.8 Å². The molecule has 43 heavy (non-hydrogen) atoms. The lowest BCUT2D eigenvalue weighted by atomic mass is 10.0. The Bertz CT molecular complexity index is 1480. The molecule has 3 aromatic rings. The Kier molecular flexibility index (Phi) is 11.5. The first-order valence-electron chi connectivity index (χ1n) is 14.6. The number of carbonyl (C=O) groups excluding carboxylic acids is 2. The lowest BCUT2D eigenvalue weighted by Crippen LogP contribution is -2.52. The standard InChI is InChI=1S/C33H40ClN3O5S/c1-42-31-20-11-10-19-29(31)37(43(2,40)41)22-12-21-32(38)36(24-26-15-6-9-18-28(26)34)30(23-25-13-4-3-5-14-25)33(39)35-27-16-7-8-17-27/h3-6,9-11,13-15,18-20,27,30H,7-8,12,16-17,21-24H2,1-2H3,(H,35,39)/t30-/m0/s1. The number of hydrogen-bond acceptors (Lipinski definition) is 5. The van der Waals surface area contributed by atoms with Crippen LogP contribution in [-0.2, 0) is 32.6 Å². The number of carbonyl (C=O) groups is 2. The van der Waals surface area contributed by atoms with Crippen molar-refractivity contribution in [3.63, 3.8) is 0 Å². The second kappa shape index (κ2) is 15.3. The maximum Gasteiger partial charge on any atom is 0.243 e. The number of benzene rings is 3. The lowest BCUT2D eigenvalue weighted by Gasteiger charge is -2.33. The van der Waals surface area contributed by atoms with Crippen LogP contribution < -0.4 is 14.4 Å². The monoisotopic (exact) mass is 625 g/mol. The summed E-state index contributed by atoms with van der Waals surface area (Å²) < 4.78 is 32.2. The first-order chi connectivity index (χ1) is 20.7. The summed E-state index contributed by atoms with van der Waals surface area (Å²) in [6.07, 6.45) is 5.73. The maximum absolute atomic E-state index is 14.0. The van der Waals surface area contributed by atoms with E-state index >= 15 is 0 Å². The molecule has 1 aliphatic carbocycles. The van der Waals surface area contributed by atoms with E-state index in [0.717, 1.165) is 43.1 Å². The molecular weight excluding hydrogens is 586 g/mol. The summed E-state index contributed by atoms with van der Waals surface area (Å²) in [4.78, 5) is 29.5. The summed E-state index contributed by atoms with van der Waals surface area (Å²) in [5.41, 5.74) is 2.08. The zero-order valence-corrected chi connectivity index (χ0v) is 26.3. The molecule has 0 aromatic heterocycles. The number of para-hydroxylation sites is 2. The molecule has 0 aliphatic heterocycles. The Hall–Kier alpha value is -3.56. The summed E-state index contributed by atoms with van der Waals surface area (Å²) in [7, 11) is -2.17. The van der Waals surface area contributed by atoms with Gasteiger partial charge in [-0.2, -0.15) is 0 Å². The van der Waals surface area contributed by atoms with Crippen molar-refractivity contribution in [2.24, 2.45) is 0 Å². The van der Waals surface area contributed by atoms with Gasteiger partial charge in [0.15, 0.2) is 0 Å². The number of nitrogens with one attached hydrogen (secondary N) is 1. The van der Waals surface area contributed by atoms with E-state index in [2.05, 4.69) is 5.32 Å². The molecule has 0 heterocycles. The minimum Gasteiger partial charge on any atom is -0.495 e. The zero-order valence-electron chi connectivity index (χ0n) is 24.7. The minimum atomic E-state index is -3.66. The molecule has 0 saturated heterocycles. The highest BCUT2D eigenvalue weighted by molar-refractivity contribution is 7.92. The van der Waals surface area contributed by atoms with Gasteiger partial charge in [-0.15, -0.1) is 0 Å². The number of anilines is 1. The molecule has 8 nitrogen and oxygen atoms in total. The van der Waals surface area contributed by atoms with Crippen molar-refractivity contribution in [3.8, 4) is 5.75 Å². The zero-order chi connectivity index (χ0) is 30.8. The Morgan fingerprint density at radius 1 is 0.977 bits per heavy atom. The van der Waals surface area contributed by atoms with Crippen LogP contribution in [-0.4, -0.2) is 57.1 Å². The SMILES string of the molecule is COc1ccccc1N(CCCC(=O)N(Cc1ccccc1Cl)[C@@H](Cc1ccccc1)C(=O)NC1CCCC1)S(C)(=O)=O. The van der Waals surface area contributed by atoms with Crippen LogP contribution in [0.25, 0.3) is 0 Å². The van der Waals surface area contributed by atoms with Gasteiger partial charge in [0.05, 0.1) is 19.1 Å². The summed E-state index contributed by atoms with van der Waals surface area (Å²) >= 11 is 6.52. The van der Waals surface area contributed by atoms with E-state index in [0.29, 0.717) is 22.9 Å². The molecule has 1 fully saturated rings. The van der Waals surface area contributed by atoms with E-state index in [1.165, 1.54) is 11.4 Å². The van der Waals surface area contributed by atoms with Gasteiger partial charge < -0.3 is 15.0 Å². The highest BCUT2D eigenvalue weighted by Gasteiger charge is 2.32. The van der Waals surface area contributed by atoms with Crippen molar-refractivity contribution in [1.29, 1.82) is 0 Å². The number of rotatable bonds is 14. The maximum atomic E-state index is 14.0. The second-order valence-corrected chi connectivity index (χ2v) is 13.2. The van der Waals surface area contributed by atoms with Gasteiger partial charge in [0.25, 0.3) is 0 Å². The van der Waals surface area contributed by atoms with Gasteiger partial charge in [-0.3, -0.25) is 13.9 Å². The fourth-order valence-electron chi connectivity index (χ4n) is 5.55. The van der Waals surface area contributed by atoms with Crippen LogP contribution in [0.1, 0.15) is 49.7 Å². The molecule has 1 N–H and O–H groups in total. The third-order valence-corrected chi connectivity index (χ3v) is 9.33. The smallest absolute Gasteiger partial charge is 0.243 e. The molecule has 1 saturated carbocycles. The molecule has 1 aliphatic rings. The van der Waals surface area contributed by atoms with Crippen LogP contribution in [0.4, 0.5) is 5.69 Å². The Labute approximate surface area is 260 Å². The molecule has 1 atom stereocenters. The minimum absolute atomic E-state index is 0.0353. The molecule has 10 heteroatoms. The summed E-state index contributed by atoms with van der Waals surface area (Å²) in [6.45, 7) is 0.221. The van der Waals surface area contributed by atoms with E-state index in [1.807, 2.05) is 48.5 Å². The molecule has 0 bridgehead atoms. The van der Waals surface area contributed by atoms with Gasteiger partial charge >= 0.3 is 0 Å². The highest BCUT2D eigenvalue weighted by atomic mass is 35.5. The van der Waals surface area contributed by atoms with Crippen molar-refractivity contribution in [1.82, 2.24) is 10.2 Å². The average Bonchev–Trinajstić information content (AvgIpc) is 3.51. The van der Waals surface area contributed by atoms with Gasteiger partial charge in [0, 0.05) is 37.0 Å². The van der Waals surface area contributed by atoms with Crippen LogP contribution in [0.15, 0.2) is 78.9 Å². The number of ether oxygens (including phenoxy) is 1. The highest BCUT2D eigenvalue weighted by Crippen LogP contribution is 2.30. The van der Waals surface area contributed by atoms with Gasteiger partial charge in [-0.1, -0.05) is 85.1 Å². The van der Waals surface area contributed by atoms with Crippen LogP contribution in [0, 0.1) is 0 Å². The van der Waals surface area contributed by atoms with Gasteiger partial charge in [0.1, 0.15) is 11.8 Å². The van der Waals surface area contributed by atoms with E-state index in [-0.39, 0.29) is 43.8 Å². The Morgan fingerprint density at radius 3 is 2.30 bits per heavy atom. The van der Waals surface area contributed by atoms with E-state index in [4.69, 9.17) is 16.3 Å². The predicted molar refractivity (Wildman–Crippen MR) is 171 cm³/mol. The number of amides is 2. The van der Waals surface area contributed by atoms with Crippen molar-refractivity contribution >= 4 is 39.1 Å². The van der Waals surface area contributed by atoms with Crippen LogP contribution in [0.2, 0.25) is 5.02 Å². The summed E-state index contributed by atoms with van der Waals surface area (Å²) in [5.74, 6) is -0.0232. The lowest BCUT2D eigenvalue weighted by molar-refractivity contribution is -0.141. The number of halogens is 1. The fourth-order valence-corrected chi connectivity index (χ4v) is 6.71. The molecule has 2 amide bonds. The molecule has 3 aromatic carbocycles. The van der Waals surface area contributed by atoms with Crippen molar-refractivity contribution in [3.05, 3.63) is 95.0 Å². The third kappa shape index (κ3) is 8.97. The Balaban J connectivity index is 1.60. The molecule has 0 spiro atoms. The predicted octanol–water partition coefficient (Wildman–Crippen LogP) is 5.59. The van der Waals surface area contributed by atoms with E-state index < -0.39 is 16.1 Å². The first kappa shape index (κ1) is 32.4. The van der Waals surface area contributed by atoms with Crippen molar-refractivity contribution < 1.29 is 22.7 Å².